The van der Waals surface area contributed by atoms with Crippen LogP contribution < -0.4 is 11.0 Å². The molecule has 1 aromatic carbocycles. The van der Waals surface area contributed by atoms with Crippen molar-refractivity contribution in [1.29, 1.82) is 0 Å². The summed E-state index contributed by atoms with van der Waals surface area (Å²) in [7, 11) is -3.59. The third-order valence-corrected chi connectivity index (χ3v) is 7.99. The van der Waals surface area contributed by atoms with Crippen LogP contribution in [0.5, 0.6) is 0 Å². The lowest BCUT2D eigenvalue weighted by atomic mass is 10.1. The number of aromatic nitrogens is 1. The summed E-state index contributed by atoms with van der Waals surface area (Å²) in [4.78, 5) is 5.45. The number of hydrogen-bond acceptors (Lipinski definition) is 7. The molecule has 0 aliphatic carbocycles. The quantitative estimate of drug-likeness (QED) is 0.439. The first-order valence-electron chi connectivity index (χ1n) is 9.38. The number of thiazole rings is 1. The van der Waals surface area contributed by atoms with Gasteiger partial charge in [-0.15, -0.1) is 11.3 Å². The van der Waals surface area contributed by atoms with Crippen molar-refractivity contribution in [2.24, 2.45) is 5.92 Å². The van der Waals surface area contributed by atoms with Crippen molar-refractivity contribution >= 4 is 45.3 Å². The van der Waals surface area contributed by atoms with E-state index >= 15 is 0 Å². The van der Waals surface area contributed by atoms with Gasteiger partial charge in [0, 0.05) is 15.8 Å². The zero-order valence-corrected chi connectivity index (χ0v) is 19.4. The fourth-order valence-electron chi connectivity index (χ4n) is 3.34. The van der Waals surface area contributed by atoms with E-state index < -0.39 is 7.60 Å². The zero-order chi connectivity index (χ0) is 20.6. The Labute approximate surface area is 182 Å². The Hall–Kier alpha value is -1.44. The average molecular weight is 497 g/mol. The first kappa shape index (κ1) is 20.8. The minimum atomic E-state index is -3.59. The zero-order valence-electron chi connectivity index (χ0n) is 16.1. The SMILES string of the molecule is CC(C)Cc1sc(N)nc1-c1occc1P1(=O)OCCC(c2cccc(Br)c2)O1. The molecule has 29 heavy (non-hydrogen) atoms. The van der Waals surface area contributed by atoms with E-state index in [1.807, 2.05) is 24.3 Å². The number of anilines is 1. The summed E-state index contributed by atoms with van der Waals surface area (Å²) in [5.41, 5.74) is 7.53. The predicted octanol–water partition coefficient (Wildman–Crippen LogP) is 5.94. The highest BCUT2D eigenvalue weighted by molar-refractivity contribution is 9.10. The predicted molar refractivity (Wildman–Crippen MR) is 119 cm³/mol. The largest absolute Gasteiger partial charge is 0.462 e. The molecule has 3 aromatic rings. The van der Waals surface area contributed by atoms with E-state index in [2.05, 4.69) is 34.8 Å². The molecular formula is C20H22BrN2O4PS. The molecular weight excluding hydrogens is 475 g/mol. The van der Waals surface area contributed by atoms with Gasteiger partial charge in [0.1, 0.15) is 11.0 Å². The van der Waals surface area contributed by atoms with Gasteiger partial charge in [-0.1, -0.05) is 41.9 Å². The van der Waals surface area contributed by atoms with E-state index in [-0.39, 0.29) is 6.10 Å². The maximum atomic E-state index is 13.7. The van der Waals surface area contributed by atoms with E-state index in [1.54, 1.807) is 6.07 Å². The van der Waals surface area contributed by atoms with Gasteiger partial charge in [-0.05, 0) is 36.1 Å². The molecule has 1 saturated heterocycles. The Kier molecular flexibility index (Phi) is 6.00. The van der Waals surface area contributed by atoms with Crippen LogP contribution in [-0.4, -0.2) is 11.6 Å². The summed E-state index contributed by atoms with van der Waals surface area (Å²) in [6.07, 6.45) is 2.59. The molecule has 6 nitrogen and oxygen atoms in total. The molecule has 2 N–H and O–H groups in total. The lowest BCUT2D eigenvalue weighted by Crippen LogP contribution is -2.20. The van der Waals surface area contributed by atoms with Gasteiger partial charge in [-0.25, -0.2) is 4.98 Å². The highest BCUT2D eigenvalue weighted by Crippen LogP contribution is 2.57. The smallest absolute Gasteiger partial charge is 0.365 e. The van der Waals surface area contributed by atoms with Gasteiger partial charge in [-0.2, -0.15) is 0 Å². The van der Waals surface area contributed by atoms with Crippen molar-refractivity contribution in [3.63, 3.8) is 0 Å². The van der Waals surface area contributed by atoms with Crippen molar-refractivity contribution < 1.29 is 18.0 Å². The summed E-state index contributed by atoms with van der Waals surface area (Å²) in [5.74, 6) is 0.831. The molecule has 4 rings (SSSR count). The first-order chi connectivity index (χ1) is 13.9. The molecule has 9 heteroatoms. The number of halogens is 1. The van der Waals surface area contributed by atoms with Crippen molar-refractivity contribution in [2.75, 3.05) is 12.3 Å². The van der Waals surface area contributed by atoms with Crippen LogP contribution >= 0.6 is 34.9 Å². The molecule has 2 atom stereocenters. The van der Waals surface area contributed by atoms with Crippen LogP contribution in [0.1, 0.15) is 36.8 Å². The van der Waals surface area contributed by atoms with Gasteiger partial charge in [0.05, 0.1) is 19.0 Å². The topological polar surface area (TPSA) is 87.6 Å². The monoisotopic (exact) mass is 496 g/mol. The summed E-state index contributed by atoms with van der Waals surface area (Å²) in [5, 5.41) is 0.848. The van der Waals surface area contributed by atoms with E-state index in [4.69, 9.17) is 19.2 Å². The normalized spacial score (nSPS) is 22.3. The van der Waals surface area contributed by atoms with Crippen molar-refractivity contribution in [1.82, 2.24) is 4.98 Å². The van der Waals surface area contributed by atoms with Gasteiger partial charge in [0.15, 0.2) is 10.9 Å². The second-order valence-electron chi connectivity index (χ2n) is 7.33. The van der Waals surface area contributed by atoms with Gasteiger partial charge in [-0.3, -0.25) is 9.09 Å². The number of benzene rings is 1. The molecule has 0 bridgehead atoms. The van der Waals surface area contributed by atoms with Crippen LogP contribution in [0.2, 0.25) is 0 Å². The van der Waals surface area contributed by atoms with Crippen LogP contribution in [0.25, 0.3) is 11.5 Å². The fraction of sp³-hybridized carbons (Fsp3) is 0.350. The number of nitrogen functional groups attached to an aromatic ring is 1. The van der Waals surface area contributed by atoms with Gasteiger partial charge < -0.3 is 14.7 Å². The van der Waals surface area contributed by atoms with Gasteiger partial charge in [0.25, 0.3) is 0 Å². The Morgan fingerprint density at radius 1 is 1.38 bits per heavy atom. The van der Waals surface area contributed by atoms with Crippen LogP contribution in [0.4, 0.5) is 5.13 Å². The molecule has 0 saturated carbocycles. The molecule has 1 aliphatic heterocycles. The number of furan rings is 1. The minimum absolute atomic E-state index is 0.328. The number of nitrogens with zero attached hydrogens (tertiary/aromatic N) is 1. The molecule has 1 aliphatic rings. The molecule has 0 amide bonds. The standard InChI is InChI=1S/C20H22BrN2O4PS/c1-12(2)10-17-18(23-20(22)29-17)19-16(7-8-25-19)28(24)26-9-6-15(27-28)13-4-3-5-14(21)11-13/h3-5,7-8,11-12,15H,6,9-10H2,1-2H3,(H2,22,23). The fourth-order valence-corrected chi connectivity index (χ4v) is 6.67. The van der Waals surface area contributed by atoms with E-state index in [0.29, 0.717) is 40.8 Å². The maximum Gasteiger partial charge on any atom is 0.365 e. The molecule has 1 fully saturated rings. The second-order valence-corrected chi connectivity index (χ2v) is 11.3. The third-order valence-electron chi connectivity index (χ3n) is 4.59. The summed E-state index contributed by atoms with van der Waals surface area (Å²) in [6, 6.07) is 9.46. The van der Waals surface area contributed by atoms with Crippen molar-refractivity contribution in [3.05, 3.63) is 51.5 Å². The van der Waals surface area contributed by atoms with Crippen molar-refractivity contribution in [2.45, 2.75) is 32.8 Å². The number of rotatable bonds is 5. The Bertz CT molecular complexity index is 1060. The number of hydrogen-bond donors (Lipinski definition) is 1. The van der Waals surface area contributed by atoms with E-state index in [9.17, 15) is 4.57 Å². The molecule has 154 valence electrons. The van der Waals surface area contributed by atoms with Gasteiger partial charge in [0.2, 0.25) is 0 Å². The first-order valence-corrected chi connectivity index (χ1v) is 12.5. The third kappa shape index (κ3) is 4.37. The van der Waals surface area contributed by atoms with Crippen molar-refractivity contribution in [3.8, 4) is 11.5 Å². The molecule has 0 spiro atoms. The van der Waals surface area contributed by atoms with E-state index in [1.165, 1.54) is 17.6 Å². The number of nitrogens with two attached hydrogens (primary N) is 1. The average Bonchev–Trinajstić information content (AvgIpc) is 3.28. The van der Waals surface area contributed by atoms with Crippen LogP contribution in [0.15, 0.2) is 45.5 Å². The van der Waals surface area contributed by atoms with Crippen LogP contribution in [-0.2, 0) is 20.0 Å². The highest BCUT2D eigenvalue weighted by Gasteiger charge is 2.40. The summed E-state index contributed by atoms with van der Waals surface area (Å²) >= 11 is 4.90. The second kappa shape index (κ2) is 8.36. The Balaban J connectivity index is 1.70. The molecule has 2 unspecified atom stereocenters. The Morgan fingerprint density at radius 2 is 2.21 bits per heavy atom. The lowest BCUT2D eigenvalue weighted by Gasteiger charge is -2.30. The lowest BCUT2D eigenvalue weighted by molar-refractivity contribution is 0.0875. The maximum absolute atomic E-state index is 13.7. The van der Waals surface area contributed by atoms with Gasteiger partial charge >= 0.3 is 7.60 Å². The summed E-state index contributed by atoms with van der Waals surface area (Å²) < 4.78 is 32.1. The molecule has 3 heterocycles. The minimum Gasteiger partial charge on any atom is -0.462 e. The van der Waals surface area contributed by atoms with Crippen LogP contribution in [0, 0.1) is 5.92 Å². The molecule has 0 radical (unpaired) electrons. The van der Waals surface area contributed by atoms with E-state index in [0.717, 1.165) is 21.3 Å². The highest BCUT2D eigenvalue weighted by atomic mass is 79.9. The molecule has 2 aromatic heterocycles. The Morgan fingerprint density at radius 3 is 2.97 bits per heavy atom. The van der Waals surface area contributed by atoms with Crippen LogP contribution in [0.3, 0.4) is 0 Å². The summed E-state index contributed by atoms with van der Waals surface area (Å²) in [6.45, 7) is 4.58.